The van der Waals surface area contributed by atoms with E-state index in [2.05, 4.69) is 19.0 Å². The summed E-state index contributed by atoms with van der Waals surface area (Å²) in [5.74, 6) is 0.823. The number of aryl methyl sites for hydroxylation is 1. The Balaban J connectivity index is 2.10. The molecule has 0 saturated heterocycles. The van der Waals surface area contributed by atoms with Gasteiger partial charge in [0.05, 0.1) is 0 Å². The molecule has 0 N–H and O–H groups in total. The summed E-state index contributed by atoms with van der Waals surface area (Å²) in [5, 5.41) is 1.94. The molecule has 0 unspecified atom stereocenters. The van der Waals surface area contributed by atoms with Crippen molar-refractivity contribution in [3.05, 3.63) is 62.6 Å². The third-order valence-electron chi connectivity index (χ3n) is 3.51. The number of benzene rings is 2. The van der Waals surface area contributed by atoms with E-state index in [9.17, 15) is 0 Å². The first-order valence-corrected chi connectivity index (χ1v) is 8.59. The van der Waals surface area contributed by atoms with E-state index >= 15 is 0 Å². The van der Waals surface area contributed by atoms with Gasteiger partial charge < -0.3 is 9.64 Å². The van der Waals surface area contributed by atoms with Crippen molar-refractivity contribution in [2.24, 2.45) is 0 Å². The SMILES string of the molecule is CN(C)CCCc1cc(Cl)ccc1OCc1c(Cl)cccc1Cl. The van der Waals surface area contributed by atoms with Crippen LogP contribution in [-0.2, 0) is 13.0 Å². The molecule has 0 saturated carbocycles. The van der Waals surface area contributed by atoms with Gasteiger partial charge in [0, 0.05) is 20.6 Å². The molecule has 0 fully saturated rings. The van der Waals surface area contributed by atoms with Crippen LogP contribution >= 0.6 is 34.8 Å². The van der Waals surface area contributed by atoms with Crippen LogP contribution in [0.25, 0.3) is 0 Å². The molecule has 0 amide bonds. The number of ether oxygens (including phenoxy) is 1. The molecule has 0 aliphatic heterocycles. The van der Waals surface area contributed by atoms with Gasteiger partial charge in [0.2, 0.25) is 0 Å². The maximum Gasteiger partial charge on any atom is 0.123 e. The Bertz CT molecular complexity index is 638. The first kappa shape index (κ1) is 18.4. The molecule has 0 radical (unpaired) electrons. The van der Waals surface area contributed by atoms with Gasteiger partial charge in [-0.1, -0.05) is 40.9 Å². The van der Waals surface area contributed by atoms with E-state index < -0.39 is 0 Å². The molecule has 0 aliphatic carbocycles. The minimum absolute atomic E-state index is 0.334. The second-order valence-corrected chi connectivity index (χ2v) is 6.90. The van der Waals surface area contributed by atoms with Gasteiger partial charge in [-0.25, -0.2) is 0 Å². The van der Waals surface area contributed by atoms with E-state index in [1.165, 1.54) is 0 Å². The lowest BCUT2D eigenvalue weighted by Crippen LogP contribution is -2.13. The third-order valence-corrected chi connectivity index (χ3v) is 4.45. The molecule has 0 spiro atoms. The predicted octanol–water partition coefficient (Wildman–Crippen LogP) is 5.72. The van der Waals surface area contributed by atoms with Crippen molar-refractivity contribution in [2.45, 2.75) is 19.4 Å². The van der Waals surface area contributed by atoms with Crippen LogP contribution < -0.4 is 4.74 Å². The van der Waals surface area contributed by atoms with Gasteiger partial charge in [-0.15, -0.1) is 0 Å². The van der Waals surface area contributed by atoms with E-state index in [1.54, 1.807) is 0 Å². The zero-order chi connectivity index (χ0) is 16.8. The molecule has 2 nitrogen and oxygen atoms in total. The molecule has 2 rings (SSSR count). The summed E-state index contributed by atoms with van der Waals surface area (Å²) < 4.78 is 5.96. The number of halogens is 3. The summed E-state index contributed by atoms with van der Waals surface area (Å²) in [4.78, 5) is 2.16. The quantitative estimate of drug-likeness (QED) is 0.616. The largest absolute Gasteiger partial charge is 0.489 e. The van der Waals surface area contributed by atoms with Gasteiger partial charge in [-0.2, -0.15) is 0 Å². The minimum Gasteiger partial charge on any atom is -0.489 e. The van der Waals surface area contributed by atoms with Crippen LogP contribution in [0.1, 0.15) is 17.5 Å². The molecule has 124 valence electrons. The molecule has 0 aromatic heterocycles. The molecular formula is C18H20Cl3NO. The highest BCUT2D eigenvalue weighted by Gasteiger charge is 2.09. The molecule has 0 aliphatic rings. The van der Waals surface area contributed by atoms with Crippen LogP contribution in [0.3, 0.4) is 0 Å². The highest BCUT2D eigenvalue weighted by molar-refractivity contribution is 6.36. The van der Waals surface area contributed by atoms with Crippen molar-refractivity contribution in [1.82, 2.24) is 4.90 Å². The van der Waals surface area contributed by atoms with Gasteiger partial charge in [0.15, 0.2) is 0 Å². The molecule has 0 bridgehead atoms. The van der Waals surface area contributed by atoms with E-state index in [0.29, 0.717) is 21.7 Å². The van der Waals surface area contributed by atoms with Crippen molar-refractivity contribution < 1.29 is 4.74 Å². The van der Waals surface area contributed by atoms with Gasteiger partial charge in [0.1, 0.15) is 12.4 Å². The smallest absolute Gasteiger partial charge is 0.123 e. The molecule has 5 heteroatoms. The van der Waals surface area contributed by atoms with Crippen LogP contribution in [-0.4, -0.2) is 25.5 Å². The fraction of sp³-hybridized carbons (Fsp3) is 0.333. The third kappa shape index (κ3) is 5.58. The highest BCUT2D eigenvalue weighted by Crippen LogP contribution is 2.29. The lowest BCUT2D eigenvalue weighted by molar-refractivity contribution is 0.302. The van der Waals surface area contributed by atoms with Crippen molar-refractivity contribution >= 4 is 34.8 Å². The fourth-order valence-electron chi connectivity index (χ4n) is 2.29. The second kappa shape index (κ2) is 8.79. The molecule has 23 heavy (non-hydrogen) atoms. The highest BCUT2D eigenvalue weighted by atomic mass is 35.5. The van der Waals surface area contributed by atoms with E-state index in [1.807, 2.05) is 36.4 Å². The second-order valence-electron chi connectivity index (χ2n) is 5.65. The first-order valence-electron chi connectivity index (χ1n) is 7.46. The molecule has 0 heterocycles. The summed E-state index contributed by atoms with van der Waals surface area (Å²) in [6.45, 7) is 1.35. The van der Waals surface area contributed by atoms with Crippen molar-refractivity contribution in [3.63, 3.8) is 0 Å². The lowest BCUT2D eigenvalue weighted by Gasteiger charge is -2.15. The predicted molar refractivity (Wildman–Crippen MR) is 99.1 cm³/mol. The fourth-order valence-corrected chi connectivity index (χ4v) is 2.99. The summed E-state index contributed by atoms with van der Waals surface area (Å²) in [7, 11) is 4.13. The number of hydrogen-bond acceptors (Lipinski definition) is 2. The Morgan fingerprint density at radius 2 is 1.70 bits per heavy atom. The van der Waals surface area contributed by atoms with Crippen LogP contribution in [0.5, 0.6) is 5.75 Å². The zero-order valence-corrected chi connectivity index (χ0v) is 15.5. The summed E-state index contributed by atoms with van der Waals surface area (Å²) >= 11 is 18.5. The van der Waals surface area contributed by atoms with E-state index in [0.717, 1.165) is 36.3 Å². The van der Waals surface area contributed by atoms with Crippen molar-refractivity contribution in [3.8, 4) is 5.75 Å². The summed E-state index contributed by atoms with van der Waals surface area (Å²) in [5.41, 5.74) is 1.90. The minimum atomic E-state index is 0.334. The Morgan fingerprint density at radius 3 is 2.35 bits per heavy atom. The first-order chi connectivity index (χ1) is 11.0. The van der Waals surface area contributed by atoms with Crippen molar-refractivity contribution in [1.29, 1.82) is 0 Å². The Morgan fingerprint density at radius 1 is 1.00 bits per heavy atom. The monoisotopic (exact) mass is 371 g/mol. The van der Waals surface area contributed by atoms with E-state index in [-0.39, 0.29) is 0 Å². The van der Waals surface area contributed by atoms with E-state index in [4.69, 9.17) is 39.5 Å². The average molecular weight is 373 g/mol. The zero-order valence-electron chi connectivity index (χ0n) is 13.3. The Labute approximate surface area is 152 Å². The molecule has 2 aromatic rings. The van der Waals surface area contributed by atoms with Crippen LogP contribution in [0, 0.1) is 0 Å². The normalized spacial score (nSPS) is 11.0. The van der Waals surface area contributed by atoms with Crippen LogP contribution in [0.15, 0.2) is 36.4 Å². The van der Waals surface area contributed by atoms with Crippen LogP contribution in [0.2, 0.25) is 15.1 Å². The Kier molecular flexibility index (Phi) is 7.04. The Hall–Kier alpha value is -0.930. The van der Waals surface area contributed by atoms with Crippen molar-refractivity contribution in [2.75, 3.05) is 20.6 Å². The standard InChI is InChI=1S/C18H20Cl3NO/c1-22(2)10-4-5-13-11-14(19)8-9-18(13)23-12-15-16(20)6-3-7-17(15)21/h3,6-9,11H,4-5,10,12H2,1-2H3. The summed E-state index contributed by atoms with van der Waals surface area (Å²) in [6, 6.07) is 11.1. The van der Waals surface area contributed by atoms with Gasteiger partial charge in [-0.3, -0.25) is 0 Å². The maximum atomic E-state index is 6.19. The number of nitrogens with zero attached hydrogens (tertiary/aromatic N) is 1. The number of rotatable bonds is 7. The van der Waals surface area contributed by atoms with Gasteiger partial charge in [-0.05, 0) is 69.4 Å². The van der Waals surface area contributed by atoms with Gasteiger partial charge >= 0.3 is 0 Å². The maximum absolute atomic E-state index is 6.19. The number of hydrogen-bond donors (Lipinski definition) is 0. The molecule has 2 aromatic carbocycles. The summed E-state index contributed by atoms with van der Waals surface area (Å²) in [6.07, 6.45) is 1.95. The molecular weight excluding hydrogens is 353 g/mol. The average Bonchev–Trinajstić information content (AvgIpc) is 2.48. The molecule has 0 atom stereocenters. The van der Waals surface area contributed by atoms with Crippen LogP contribution in [0.4, 0.5) is 0 Å². The topological polar surface area (TPSA) is 12.5 Å². The lowest BCUT2D eigenvalue weighted by atomic mass is 10.1. The van der Waals surface area contributed by atoms with Gasteiger partial charge in [0.25, 0.3) is 0 Å².